The Balaban J connectivity index is 2.56. The molecule has 0 N–H and O–H groups in total. The second kappa shape index (κ2) is 3.80. The average Bonchev–Trinajstić information content (AvgIpc) is 2.47. The second-order valence-corrected chi connectivity index (χ2v) is 2.30. The molecule has 0 aliphatic heterocycles. The summed E-state index contributed by atoms with van der Waals surface area (Å²) < 4.78 is 1.66. The third-order valence-electron chi connectivity index (χ3n) is 1.51. The number of nitrogens with zero attached hydrogens (tertiary/aromatic N) is 4. The zero-order valence-corrected chi connectivity index (χ0v) is 6.80. The molecule has 1 aromatic heterocycles. The van der Waals surface area contributed by atoms with Crippen LogP contribution in [0.3, 0.4) is 0 Å². The van der Waals surface area contributed by atoms with E-state index in [0.717, 1.165) is 0 Å². The molecule has 0 fully saturated rings. The Kier molecular flexibility index (Phi) is 2.73. The summed E-state index contributed by atoms with van der Waals surface area (Å²) in [4.78, 5) is 13.6. The van der Waals surface area contributed by atoms with Crippen LogP contribution in [0.15, 0.2) is 6.33 Å². The van der Waals surface area contributed by atoms with E-state index >= 15 is 0 Å². The Bertz CT molecular complexity index is 270. The molecule has 0 radical (unpaired) electrons. The van der Waals surface area contributed by atoms with Gasteiger partial charge in [-0.2, -0.15) is 5.10 Å². The van der Waals surface area contributed by atoms with E-state index in [-0.39, 0.29) is 11.5 Å². The molecule has 1 aromatic rings. The highest BCUT2D eigenvalue weighted by molar-refractivity contribution is 4.83. The lowest BCUT2D eigenvalue weighted by atomic mass is 10.4. The quantitative estimate of drug-likeness (QED) is 0.475. The van der Waals surface area contributed by atoms with Crippen molar-refractivity contribution in [1.82, 2.24) is 14.8 Å². The molecule has 1 heterocycles. The highest BCUT2D eigenvalue weighted by Crippen LogP contribution is 1.94. The molecule has 0 bridgehead atoms. The van der Waals surface area contributed by atoms with Crippen LogP contribution in [-0.2, 0) is 13.0 Å². The van der Waals surface area contributed by atoms with Gasteiger partial charge in [-0.05, 0) is 6.92 Å². The van der Waals surface area contributed by atoms with Gasteiger partial charge in [0, 0.05) is 11.5 Å². The Morgan fingerprint density at radius 2 is 2.50 bits per heavy atom. The molecular weight excluding hydrogens is 160 g/mol. The lowest BCUT2D eigenvalue weighted by Crippen LogP contribution is -2.10. The monoisotopic (exact) mass is 170 g/mol. The van der Waals surface area contributed by atoms with Crippen molar-refractivity contribution in [3.8, 4) is 0 Å². The topological polar surface area (TPSA) is 73.8 Å². The molecule has 0 saturated carbocycles. The first-order chi connectivity index (χ1) is 5.74. The van der Waals surface area contributed by atoms with E-state index < -0.39 is 0 Å². The van der Waals surface area contributed by atoms with Crippen LogP contribution in [0.4, 0.5) is 0 Å². The summed E-state index contributed by atoms with van der Waals surface area (Å²) >= 11 is 0. The van der Waals surface area contributed by atoms with Crippen LogP contribution >= 0.6 is 0 Å². The van der Waals surface area contributed by atoms with E-state index in [0.29, 0.717) is 18.8 Å². The molecule has 6 nitrogen and oxygen atoms in total. The zero-order valence-electron chi connectivity index (χ0n) is 6.80. The summed E-state index contributed by atoms with van der Waals surface area (Å²) in [7, 11) is 0. The molecule has 0 spiro atoms. The Morgan fingerprint density at radius 3 is 3.08 bits per heavy atom. The molecule has 0 amide bonds. The predicted octanol–water partition coefficient (Wildman–Crippen LogP) is 0.117. The number of hydrogen-bond donors (Lipinski definition) is 0. The molecular formula is C6H10N4O2. The van der Waals surface area contributed by atoms with Gasteiger partial charge in [0.1, 0.15) is 12.2 Å². The van der Waals surface area contributed by atoms with E-state index in [1.165, 1.54) is 6.33 Å². The highest BCUT2D eigenvalue weighted by Gasteiger charge is 2.05. The van der Waals surface area contributed by atoms with Crippen molar-refractivity contribution < 1.29 is 4.92 Å². The van der Waals surface area contributed by atoms with E-state index in [4.69, 9.17) is 0 Å². The minimum atomic E-state index is -0.353. The van der Waals surface area contributed by atoms with Crippen LogP contribution in [0.1, 0.15) is 12.7 Å². The minimum Gasteiger partial charge on any atom is -0.265 e. The molecule has 0 aliphatic carbocycles. The van der Waals surface area contributed by atoms with Gasteiger partial charge in [0.2, 0.25) is 6.54 Å². The normalized spacial score (nSPS) is 10.1. The summed E-state index contributed by atoms with van der Waals surface area (Å²) in [5.74, 6) is 0.675. The third kappa shape index (κ3) is 2.01. The first-order valence-electron chi connectivity index (χ1n) is 3.72. The molecule has 1 rings (SSSR count). The lowest BCUT2D eigenvalue weighted by molar-refractivity contribution is -0.479. The third-order valence-corrected chi connectivity index (χ3v) is 1.51. The first-order valence-corrected chi connectivity index (χ1v) is 3.72. The lowest BCUT2D eigenvalue weighted by Gasteiger charge is -1.98. The fraction of sp³-hybridized carbons (Fsp3) is 0.667. The maximum Gasteiger partial charge on any atom is 0.210 e. The van der Waals surface area contributed by atoms with Crippen LogP contribution in [0.2, 0.25) is 0 Å². The van der Waals surface area contributed by atoms with Gasteiger partial charge >= 0.3 is 0 Å². The van der Waals surface area contributed by atoms with E-state index in [2.05, 4.69) is 10.1 Å². The van der Waals surface area contributed by atoms with Gasteiger partial charge in [-0.1, -0.05) is 0 Å². The van der Waals surface area contributed by atoms with Crippen molar-refractivity contribution in [3.05, 3.63) is 22.3 Å². The van der Waals surface area contributed by atoms with Crippen molar-refractivity contribution >= 4 is 0 Å². The molecule has 0 atom stereocenters. The summed E-state index contributed by atoms with van der Waals surface area (Å²) in [6.45, 7) is 2.54. The maximum atomic E-state index is 10.0. The Hall–Kier alpha value is -1.46. The predicted molar refractivity (Wildman–Crippen MR) is 41.3 cm³/mol. The Morgan fingerprint density at radius 1 is 1.75 bits per heavy atom. The van der Waals surface area contributed by atoms with E-state index in [1.807, 2.05) is 6.92 Å². The van der Waals surface area contributed by atoms with Crippen molar-refractivity contribution in [3.63, 3.8) is 0 Å². The molecule has 0 saturated heterocycles. The van der Waals surface area contributed by atoms with Crippen LogP contribution in [0, 0.1) is 10.1 Å². The number of hydrogen-bond acceptors (Lipinski definition) is 4. The van der Waals surface area contributed by atoms with E-state index in [9.17, 15) is 10.1 Å². The number of rotatable bonds is 4. The van der Waals surface area contributed by atoms with Crippen molar-refractivity contribution in [1.29, 1.82) is 0 Å². The fourth-order valence-electron chi connectivity index (χ4n) is 0.937. The summed E-state index contributed by atoms with van der Waals surface area (Å²) in [6, 6.07) is 0. The smallest absolute Gasteiger partial charge is 0.210 e. The van der Waals surface area contributed by atoms with Gasteiger partial charge in [-0.25, -0.2) is 4.98 Å². The summed E-state index contributed by atoms with van der Waals surface area (Å²) in [5.41, 5.74) is 0. The first kappa shape index (κ1) is 8.63. The van der Waals surface area contributed by atoms with Crippen molar-refractivity contribution in [2.24, 2.45) is 0 Å². The number of aromatic nitrogens is 3. The zero-order chi connectivity index (χ0) is 8.97. The Labute approximate surface area is 69.4 Å². The standard InChI is InChI=1S/C6H10N4O2/c1-2-9-6(7-5-8-9)3-4-10(11)12/h5H,2-4H2,1H3. The molecule has 0 aliphatic rings. The summed E-state index contributed by atoms with van der Waals surface area (Å²) in [6.07, 6.45) is 1.76. The SMILES string of the molecule is CCn1ncnc1CC[N+](=O)[O-]. The van der Waals surface area contributed by atoms with Crippen molar-refractivity contribution in [2.75, 3.05) is 6.54 Å². The average molecular weight is 170 g/mol. The van der Waals surface area contributed by atoms with Crippen LogP contribution < -0.4 is 0 Å². The summed E-state index contributed by atoms with van der Waals surface area (Å²) in [5, 5.41) is 13.9. The largest absolute Gasteiger partial charge is 0.265 e. The molecule has 0 aromatic carbocycles. The van der Waals surface area contributed by atoms with Gasteiger partial charge in [0.05, 0.1) is 6.42 Å². The van der Waals surface area contributed by atoms with Crippen LogP contribution in [0.5, 0.6) is 0 Å². The van der Waals surface area contributed by atoms with Gasteiger partial charge in [0.25, 0.3) is 0 Å². The molecule has 6 heteroatoms. The van der Waals surface area contributed by atoms with Gasteiger partial charge < -0.3 is 0 Å². The van der Waals surface area contributed by atoms with Gasteiger partial charge in [-0.15, -0.1) is 0 Å². The highest BCUT2D eigenvalue weighted by atomic mass is 16.6. The van der Waals surface area contributed by atoms with Gasteiger partial charge in [-0.3, -0.25) is 14.8 Å². The molecule has 66 valence electrons. The maximum absolute atomic E-state index is 10.0. The molecule has 12 heavy (non-hydrogen) atoms. The fourth-order valence-corrected chi connectivity index (χ4v) is 0.937. The number of nitro groups is 1. The minimum absolute atomic E-state index is 0.0846. The van der Waals surface area contributed by atoms with Crippen molar-refractivity contribution in [2.45, 2.75) is 19.9 Å². The second-order valence-electron chi connectivity index (χ2n) is 2.30. The van der Waals surface area contributed by atoms with Gasteiger partial charge in [0.15, 0.2) is 0 Å². The van der Waals surface area contributed by atoms with Crippen LogP contribution in [0.25, 0.3) is 0 Å². The van der Waals surface area contributed by atoms with E-state index in [1.54, 1.807) is 4.68 Å². The van der Waals surface area contributed by atoms with Crippen LogP contribution in [-0.4, -0.2) is 26.2 Å². The molecule has 0 unspecified atom stereocenters. The number of aryl methyl sites for hydroxylation is 1.